The second kappa shape index (κ2) is 5.04. The summed E-state index contributed by atoms with van der Waals surface area (Å²) in [6.45, 7) is 4.26. The van der Waals surface area contributed by atoms with Crippen LogP contribution in [0.4, 0.5) is 0 Å². The molecule has 2 heteroatoms. The van der Waals surface area contributed by atoms with E-state index in [-0.39, 0.29) is 5.54 Å². The zero-order chi connectivity index (χ0) is 10.4. The van der Waals surface area contributed by atoms with Crippen molar-refractivity contribution in [1.29, 1.82) is 0 Å². The first-order chi connectivity index (χ1) is 6.79. The van der Waals surface area contributed by atoms with Crippen LogP contribution in [0.5, 0.6) is 0 Å². The molecule has 0 aliphatic rings. The molecular formula is C12H15NS. The average Bonchev–Trinajstić information content (AvgIpc) is 2.27. The van der Waals surface area contributed by atoms with Crippen LogP contribution in [0.2, 0.25) is 0 Å². The van der Waals surface area contributed by atoms with E-state index in [1.807, 2.05) is 18.2 Å². The third kappa shape index (κ3) is 2.09. The van der Waals surface area contributed by atoms with Gasteiger partial charge in [0.1, 0.15) is 0 Å². The molecule has 0 spiro atoms. The van der Waals surface area contributed by atoms with Crippen LogP contribution in [0.25, 0.3) is 0 Å². The van der Waals surface area contributed by atoms with Crippen molar-refractivity contribution in [2.45, 2.75) is 32.2 Å². The third-order valence-electron chi connectivity index (χ3n) is 2.74. The molecule has 0 aliphatic carbocycles. The zero-order valence-electron chi connectivity index (χ0n) is 8.66. The fraction of sp³-hybridized carbons (Fsp3) is 0.417. The Labute approximate surface area is 90.9 Å². The third-order valence-corrected chi connectivity index (χ3v) is 2.83. The number of thiocarbonyl (C=S) groups is 1. The molecule has 0 N–H and O–H groups in total. The van der Waals surface area contributed by atoms with E-state index in [1.54, 1.807) is 0 Å². The van der Waals surface area contributed by atoms with Crippen molar-refractivity contribution >= 4 is 17.4 Å². The number of hydrogen-bond donors (Lipinski definition) is 0. The molecule has 0 aliphatic heterocycles. The molecule has 0 aromatic heterocycles. The Morgan fingerprint density at radius 3 is 2.21 bits per heavy atom. The highest BCUT2D eigenvalue weighted by Crippen LogP contribution is 2.32. The van der Waals surface area contributed by atoms with Crippen LogP contribution in [0.15, 0.2) is 35.3 Å². The van der Waals surface area contributed by atoms with Gasteiger partial charge in [0.2, 0.25) is 0 Å². The highest BCUT2D eigenvalue weighted by Gasteiger charge is 2.26. The summed E-state index contributed by atoms with van der Waals surface area (Å²) in [5, 5.41) is 2.52. The molecule has 0 unspecified atom stereocenters. The first-order valence-corrected chi connectivity index (χ1v) is 5.34. The maximum Gasteiger partial charge on any atom is 0.0954 e. The lowest BCUT2D eigenvalue weighted by Crippen LogP contribution is -2.21. The summed E-state index contributed by atoms with van der Waals surface area (Å²) in [4.78, 5) is 4.33. The van der Waals surface area contributed by atoms with Gasteiger partial charge in [-0.05, 0) is 30.6 Å². The van der Waals surface area contributed by atoms with Crippen molar-refractivity contribution in [3.63, 3.8) is 0 Å². The predicted octanol–water partition coefficient (Wildman–Crippen LogP) is 3.80. The molecule has 0 amide bonds. The van der Waals surface area contributed by atoms with Crippen molar-refractivity contribution in [2.75, 3.05) is 0 Å². The monoisotopic (exact) mass is 205 g/mol. The van der Waals surface area contributed by atoms with Crippen molar-refractivity contribution in [3.05, 3.63) is 35.9 Å². The fourth-order valence-electron chi connectivity index (χ4n) is 1.72. The van der Waals surface area contributed by atoms with Crippen molar-refractivity contribution < 1.29 is 0 Å². The summed E-state index contributed by atoms with van der Waals surface area (Å²) in [7, 11) is 0. The number of benzene rings is 1. The summed E-state index contributed by atoms with van der Waals surface area (Å²) in [6.07, 6.45) is 1.91. The van der Waals surface area contributed by atoms with Gasteiger partial charge >= 0.3 is 0 Å². The summed E-state index contributed by atoms with van der Waals surface area (Å²) < 4.78 is 0. The van der Waals surface area contributed by atoms with Crippen LogP contribution in [0, 0.1) is 0 Å². The van der Waals surface area contributed by atoms with Crippen LogP contribution in [-0.2, 0) is 5.54 Å². The van der Waals surface area contributed by atoms with Gasteiger partial charge in [-0.1, -0.05) is 44.2 Å². The minimum atomic E-state index is -0.164. The molecule has 1 aromatic carbocycles. The Bertz CT molecular complexity index is 321. The second-order valence-corrected chi connectivity index (χ2v) is 3.49. The Hall–Kier alpha value is -0.980. The molecule has 0 fully saturated rings. The van der Waals surface area contributed by atoms with Crippen LogP contribution in [-0.4, -0.2) is 5.16 Å². The molecule has 1 nitrogen and oxygen atoms in total. The van der Waals surface area contributed by atoms with E-state index >= 15 is 0 Å². The number of isothiocyanates is 1. The Balaban J connectivity index is 3.17. The van der Waals surface area contributed by atoms with Crippen LogP contribution < -0.4 is 0 Å². The van der Waals surface area contributed by atoms with Gasteiger partial charge in [-0.3, -0.25) is 0 Å². The molecule has 0 bridgehead atoms. The molecule has 14 heavy (non-hydrogen) atoms. The number of aliphatic imine (C=N–C) groups is 1. The van der Waals surface area contributed by atoms with Gasteiger partial charge in [0.15, 0.2) is 0 Å². The lowest BCUT2D eigenvalue weighted by atomic mass is 9.85. The van der Waals surface area contributed by atoms with E-state index in [4.69, 9.17) is 12.2 Å². The summed E-state index contributed by atoms with van der Waals surface area (Å²) in [6, 6.07) is 10.3. The number of nitrogens with zero attached hydrogens (tertiary/aromatic N) is 1. The molecule has 74 valence electrons. The van der Waals surface area contributed by atoms with E-state index < -0.39 is 0 Å². The van der Waals surface area contributed by atoms with E-state index in [1.165, 1.54) is 5.56 Å². The smallest absolute Gasteiger partial charge is 0.0954 e. The molecule has 0 atom stereocenters. The van der Waals surface area contributed by atoms with E-state index in [0.717, 1.165) is 12.8 Å². The molecular weight excluding hydrogens is 190 g/mol. The quantitative estimate of drug-likeness (QED) is 0.538. The van der Waals surface area contributed by atoms with Gasteiger partial charge in [-0.15, -0.1) is 0 Å². The van der Waals surface area contributed by atoms with Crippen molar-refractivity contribution in [1.82, 2.24) is 0 Å². The maximum absolute atomic E-state index is 4.72. The van der Waals surface area contributed by atoms with Gasteiger partial charge in [0, 0.05) is 0 Å². The Kier molecular flexibility index (Phi) is 3.99. The molecule has 0 heterocycles. The average molecular weight is 205 g/mol. The number of rotatable bonds is 4. The number of hydrogen-bond acceptors (Lipinski definition) is 2. The highest BCUT2D eigenvalue weighted by atomic mass is 32.1. The maximum atomic E-state index is 4.72. The van der Waals surface area contributed by atoms with Crippen molar-refractivity contribution in [2.24, 2.45) is 4.99 Å². The molecule has 0 saturated heterocycles. The summed E-state index contributed by atoms with van der Waals surface area (Å²) in [5.41, 5.74) is 1.06. The molecule has 1 aromatic rings. The first-order valence-electron chi connectivity index (χ1n) is 4.93. The van der Waals surface area contributed by atoms with Gasteiger partial charge in [-0.25, -0.2) is 4.99 Å². The molecule has 0 radical (unpaired) electrons. The van der Waals surface area contributed by atoms with Crippen LogP contribution in [0.1, 0.15) is 32.3 Å². The van der Waals surface area contributed by atoms with Crippen LogP contribution >= 0.6 is 12.2 Å². The summed E-state index contributed by atoms with van der Waals surface area (Å²) >= 11 is 4.72. The van der Waals surface area contributed by atoms with Gasteiger partial charge < -0.3 is 0 Å². The normalized spacial score (nSPS) is 10.7. The SMILES string of the molecule is CCC(CC)(N=C=S)c1ccccc1. The lowest BCUT2D eigenvalue weighted by Gasteiger charge is -2.26. The highest BCUT2D eigenvalue weighted by molar-refractivity contribution is 7.78. The molecule has 1 rings (SSSR count). The first kappa shape index (κ1) is 11.1. The lowest BCUT2D eigenvalue weighted by molar-refractivity contribution is 0.419. The van der Waals surface area contributed by atoms with E-state index in [9.17, 15) is 0 Å². The summed E-state index contributed by atoms with van der Waals surface area (Å²) in [5.74, 6) is 0. The van der Waals surface area contributed by atoms with E-state index in [2.05, 4.69) is 36.1 Å². The predicted molar refractivity (Wildman–Crippen MR) is 63.7 cm³/mol. The van der Waals surface area contributed by atoms with Crippen LogP contribution in [0.3, 0.4) is 0 Å². The second-order valence-electron chi connectivity index (χ2n) is 3.31. The topological polar surface area (TPSA) is 12.4 Å². The van der Waals surface area contributed by atoms with Gasteiger partial charge in [-0.2, -0.15) is 0 Å². The van der Waals surface area contributed by atoms with Gasteiger partial charge in [0.25, 0.3) is 0 Å². The Morgan fingerprint density at radius 2 is 1.79 bits per heavy atom. The van der Waals surface area contributed by atoms with E-state index in [0.29, 0.717) is 0 Å². The minimum Gasteiger partial charge on any atom is -0.221 e. The van der Waals surface area contributed by atoms with Crippen molar-refractivity contribution in [3.8, 4) is 0 Å². The molecule has 0 saturated carbocycles. The minimum absolute atomic E-state index is 0.164. The fourth-order valence-corrected chi connectivity index (χ4v) is 1.89. The zero-order valence-corrected chi connectivity index (χ0v) is 9.47. The standard InChI is InChI=1S/C12H15NS/c1-3-12(4-2,13-10-14)11-8-6-5-7-9-11/h5-9H,3-4H2,1-2H3. The van der Waals surface area contributed by atoms with Gasteiger partial charge in [0.05, 0.1) is 10.7 Å². The largest absolute Gasteiger partial charge is 0.221 e. The Morgan fingerprint density at radius 1 is 1.21 bits per heavy atom.